The number of phenols is 1. The lowest BCUT2D eigenvalue weighted by atomic mass is 10.1. The van der Waals surface area contributed by atoms with E-state index in [0.29, 0.717) is 17.0 Å². The molecule has 1 amide bonds. The Morgan fingerprint density at radius 1 is 1.10 bits per heavy atom. The lowest BCUT2D eigenvalue weighted by Gasteiger charge is -2.07. The van der Waals surface area contributed by atoms with Crippen LogP contribution >= 0.6 is 0 Å². The summed E-state index contributed by atoms with van der Waals surface area (Å²) in [5, 5.41) is 20.9. The van der Waals surface area contributed by atoms with Crippen molar-refractivity contribution in [2.45, 2.75) is 0 Å². The topological polar surface area (TPSA) is 95.9 Å². The van der Waals surface area contributed by atoms with Crippen molar-refractivity contribution in [3.8, 4) is 11.5 Å². The van der Waals surface area contributed by atoms with Gasteiger partial charge in [0, 0.05) is 17.3 Å². The van der Waals surface area contributed by atoms with Crippen molar-refractivity contribution in [3.63, 3.8) is 0 Å². The Hall–Kier alpha value is -3.02. The summed E-state index contributed by atoms with van der Waals surface area (Å²) in [4.78, 5) is 22.8. The van der Waals surface area contributed by atoms with E-state index in [1.807, 2.05) is 0 Å². The average molecular weight is 287 g/mol. The number of methoxy groups -OCH3 is 1. The Bertz CT molecular complexity index is 679. The van der Waals surface area contributed by atoms with Gasteiger partial charge < -0.3 is 20.3 Å². The van der Waals surface area contributed by atoms with Crippen LogP contribution in [-0.2, 0) is 0 Å². The van der Waals surface area contributed by atoms with Gasteiger partial charge >= 0.3 is 5.97 Å². The predicted octanol–water partition coefficient (Wildman–Crippen LogP) is 2.35. The quantitative estimate of drug-likeness (QED) is 0.802. The van der Waals surface area contributed by atoms with Gasteiger partial charge in [-0.25, -0.2) is 4.79 Å². The molecular formula is C15H13NO5. The Morgan fingerprint density at radius 2 is 1.76 bits per heavy atom. The fourth-order valence-electron chi connectivity index (χ4n) is 1.74. The van der Waals surface area contributed by atoms with Crippen molar-refractivity contribution in [1.29, 1.82) is 0 Å². The number of carbonyl (C=O) groups is 2. The Kier molecular flexibility index (Phi) is 4.08. The smallest absolute Gasteiger partial charge is 0.339 e. The second-order valence-electron chi connectivity index (χ2n) is 4.22. The van der Waals surface area contributed by atoms with E-state index in [4.69, 9.17) is 9.84 Å². The highest BCUT2D eigenvalue weighted by molar-refractivity contribution is 6.04. The van der Waals surface area contributed by atoms with E-state index in [2.05, 4.69) is 5.32 Å². The minimum absolute atomic E-state index is 0.225. The zero-order valence-corrected chi connectivity index (χ0v) is 11.2. The number of carbonyl (C=O) groups excluding carboxylic acids is 1. The van der Waals surface area contributed by atoms with Gasteiger partial charge in [0.2, 0.25) is 0 Å². The molecule has 6 nitrogen and oxygen atoms in total. The lowest BCUT2D eigenvalue weighted by molar-refractivity contribution is 0.0693. The standard InChI is InChI=1S/C15H13NO5/c1-21-11-5-2-9(3-6-11)14(18)16-10-4-7-12(15(19)20)13(17)8-10/h2-8,17H,1H3,(H,16,18)(H,19,20). The van der Waals surface area contributed by atoms with Gasteiger partial charge in [0.05, 0.1) is 7.11 Å². The first-order valence-electron chi connectivity index (χ1n) is 6.03. The zero-order chi connectivity index (χ0) is 15.4. The van der Waals surface area contributed by atoms with E-state index in [1.54, 1.807) is 24.3 Å². The largest absolute Gasteiger partial charge is 0.507 e. The Morgan fingerprint density at radius 3 is 2.29 bits per heavy atom. The van der Waals surface area contributed by atoms with Crippen LogP contribution in [0.15, 0.2) is 42.5 Å². The summed E-state index contributed by atoms with van der Waals surface area (Å²) in [6, 6.07) is 10.3. The first kappa shape index (κ1) is 14.4. The Labute approximate surface area is 120 Å². The van der Waals surface area contributed by atoms with E-state index in [0.717, 1.165) is 0 Å². The molecule has 0 unspecified atom stereocenters. The fraction of sp³-hybridized carbons (Fsp3) is 0.0667. The number of anilines is 1. The number of rotatable bonds is 4. The molecule has 0 aromatic heterocycles. The summed E-state index contributed by atoms with van der Waals surface area (Å²) < 4.78 is 5.00. The molecule has 0 atom stereocenters. The van der Waals surface area contributed by atoms with Crippen molar-refractivity contribution in [2.75, 3.05) is 12.4 Å². The van der Waals surface area contributed by atoms with Gasteiger partial charge in [-0.2, -0.15) is 0 Å². The molecule has 21 heavy (non-hydrogen) atoms. The highest BCUT2D eigenvalue weighted by atomic mass is 16.5. The van der Waals surface area contributed by atoms with Gasteiger partial charge in [-0.15, -0.1) is 0 Å². The number of aromatic carboxylic acids is 1. The SMILES string of the molecule is COc1ccc(C(=O)Nc2ccc(C(=O)O)c(O)c2)cc1. The molecule has 0 saturated carbocycles. The first-order chi connectivity index (χ1) is 10.0. The lowest BCUT2D eigenvalue weighted by Crippen LogP contribution is -2.12. The predicted molar refractivity (Wildman–Crippen MR) is 76.0 cm³/mol. The van der Waals surface area contributed by atoms with Crippen molar-refractivity contribution in [1.82, 2.24) is 0 Å². The number of carboxylic acid groups (broad SMARTS) is 1. The molecule has 0 radical (unpaired) electrons. The molecule has 0 saturated heterocycles. The van der Waals surface area contributed by atoms with Gasteiger partial charge in [-0.1, -0.05) is 0 Å². The third kappa shape index (κ3) is 3.30. The van der Waals surface area contributed by atoms with Gasteiger partial charge in [0.1, 0.15) is 17.1 Å². The molecule has 2 aromatic carbocycles. The number of amides is 1. The first-order valence-corrected chi connectivity index (χ1v) is 6.03. The van der Waals surface area contributed by atoms with Crippen LogP contribution in [0.1, 0.15) is 20.7 Å². The number of ether oxygens (including phenoxy) is 1. The number of hydrogen-bond donors (Lipinski definition) is 3. The molecule has 0 heterocycles. The van der Waals surface area contributed by atoms with Crippen molar-refractivity contribution in [2.24, 2.45) is 0 Å². The second kappa shape index (κ2) is 5.96. The summed E-state index contributed by atoms with van der Waals surface area (Å²) in [6.07, 6.45) is 0. The molecule has 3 N–H and O–H groups in total. The fourth-order valence-corrected chi connectivity index (χ4v) is 1.74. The number of nitrogens with one attached hydrogen (secondary N) is 1. The molecule has 0 fully saturated rings. The van der Waals surface area contributed by atoms with E-state index in [9.17, 15) is 14.7 Å². The van der Waals surface area contributed by atoms with Crippen LogP contribution in [0.3, 0.4) is 0 Å². The van der Waals surface area contributed by atoms with E-state index in [1.165, 1.54) is 25.3 Å². The van der Waals surface area contributed by atoms with Gasteiger partial charge in [-0.3, -0.25) is 4.79 Å². The zero-order valence-electron chi connectivity index (χ0n) is 11.2. The number of aromatic hydroxyl groups is 1. The molecule has 6 heteroatoms. The summed E-state index contributed by atoms with van der Waals surface area (Å²) in [7, 11) is 1.53. The molecule has 0 aliphatic heterocycles. The van der Waals surface area contributed by atoms with Gasteiger partial charge in [0.25, 0.3) is 5.91 Å². The van der Waals surface area contributed by atoms with Crippen LogP contribution in [-0.4, -0.2) is 29.2 Å². The van der Waals surface area contributed by atoms with Gasteiger partial charge in [0.15, 0.2) is 0 Å². The summed E-state index contributed by atoms with van der Waals surface area (Å²) in [6.45, 7) is 0. The molecule has 0 aliphatic carbocycles. The van der Waals surface area contributed by atoms with Gasteiger partial charge in [-0.05, 0) is 36.4 Å². The average Bonchev–Trinajstić information content (AvgIpc) is 2.47. The normalized spacial score (nSPS) is 9.95. The van der Waals surface area contributed by atoms with E-state index >= 15 is 0 Å². The van der Waals surface area contributed by atoms with Crippen LogP contribution in [0, 0.1) is 0 Å². The molecular weight excluding hydrogens is 274 g/mol. The molecule has 0 spiro atoms. The third-order valence-electron chi connectivity index (χ3n) is 2.84. The number of carboxylic acids is 1. The summed E-state index contributed by atoms with van der Waals surface area (Å²) in [5.41, 5.74) is 0.494. The van der Waals surface area contributed by atoms with Crippen LogP contribution in [0.4, 0.5) is 5.69 Å². The highest BCUT2D eigenvalue weighted by Crippen LogP contribution is 2.22. The van der Waals surface area contributed by atoms with E-state index in [-0.39, 0.29) is 11.5 Å². The molecule has 2 aromatic rings. The highest BCUT2D eigenvalue weighted by Gasteiger charge is 2.11. The molecule has 0 bridgehead atoms. The number of hydrogen-bond acceptors (Lipinski definition) is 4. The molecule has 0 aliphatic rings. The monoisotopic (exact) mass is 287 g/mol. The second-order valence-corrected chi connectivity index (χ2v) is 4.22. The van der Waals surface area contributed by atoms with Crippen molar-refractivity contribution >= 4 is 17.6 Å². The molecule has 2 rings (SSSR count). The number of benzene rings is 2. The van der Waals surface area contributed by atoms with Crippen LogP contribution in [0.5, 0.6) is 11.5 Å². The minimum Gasteiger partial charge on any atom is -0.507 e. The maximum Gasteiger partial charge on any atom is 0.339 e. The maximum atomic E-state index is 12.0. The third-order valence-corrected chi connectivity index (χ3v) is 2.84. The van der Waals surface area contributed by atoms with E-state index < -0.39 is 11.7 Å². The van der Waals surface area contributed by atoms with Crippen LogP contribution < -0.4 is 10.1 Å². The summed E-state index contributed by atoms with van der Waals surface area (Å²) >= 11 is 0. The van der Waals surface area contributed by atoms with Crippen LogP contribution in [0.25, 0.3) is 0 Å². The van der Waals surface area contributed by atoms with Crippen LogP contribution in [0.2, 0.25) is 0 Å². The minimum atomic E-state index is -1.24. The summed E-state index contributed by atoms with van der Waals surface area (Å²) in [5.74, 6) is -1.38. The molecule has 108 valence electrons. The van der Waals surface area contributed by atoms with Crippen molar-refractivity contribution < 1.29 is 24.5 Å². The Balaban J connectivity index is 2.15. The maximum absolute atomic E-state index is 12.0. The van der Waals surface area contributed by atoms with Crippen molar-refractivity contribution in [3.05, 3.63) is 53.6 Å².